The zero-order valence-electron chi connectivity index (χ0n) is 10.7. The first-order valence-electron chi connectivity index (χ1n) is 6.51. The molecular formula is C14H13ClN2O2S. The number of hydrogen-bond acceptors (Lipinski definition) is 5. The predicted octanol–water partition coefficient (Wildman–Crippen LogP) is 3.99. The topological polar surface area (TPSA) is 56.0 Å². The summed E-state index contributed by atoms with van der Waals surface area (Å²) in [6.45, 7) is 0. The molecule has 0 saturated heterocycles. The van der Waals surface area contributed by atoms with Crippen molar-refractivity contribution in [2.45, 2.75) is 36.2 Å². The average Bonchev–Trinajstić information content (AvgIpc) is 2.91. The Morgan fingerprint density at radius 2 is 2.00 bits per heavy atom. The van der Waals surface area contributed by atoms with Crippen LogP contribution in [0.1, 0.15) is 25.7 Å². The van der Waals surface area contributed by atoms with Crippen LogP contribution in [-0.4, -0.2) is 21.2 Å². The molecule has 1 aromatic heterocycles. The molecule has 1 aliphatic carbocycles. The van der Waals surface area contributed by atoms with Gasteiger partial charge in [0.15, 0.2) is 0 Å². The molecular weight excluding hydrogens is 296 g/mol. The second-order valence-corrected chi connectivity index (χ2v) is 6.29. The molecule has 4 nitrogen and oxygen atoms in total. The molecule has 1 fully saturated rings. The molecule has 1 saturated carbocycles. The highest BCUT2D eigenvalue weighted by Crippen LogP contribution is 2.32. The van der Waals surface area contributed by atoms with E-state index in [-0.39, 0.29) is 11.0 Å². The van der Waals surface area contributed by atoms with Crippen molar-refractivity contribution in [3.63, 3.8) is 0 Å². The van der Waals surface area contributed by atoms with E-state index in [9.17, 15) is 4.79 Å². The summed E-state index contributed by atoms with van der Waals surface area (Å²) in [5, 5.41) is 9.10. The minimum Gasteiger partial charge on any atom is -0.411 e. The molecule has 1 aromatic carbocycles. The standard InChI is InChI=1S/C14H13ClN2O2S/c15-10-7-5-9(6-8-10)13-16-17-14(19-13)20-12-4-2-1-3-11(12)18/h5-8,12H,1-4H2. The number of carbonyl (C=O) groups is 1. The number of hydrogen-bond donors (Lipinski definition) is 0. The highest BCUT2D eigenvalue weighted by molar-refractivity contribution is 8.00. The van der Waals surface area contributed by atoms with Gasteiger partial charge in [0.1, 0.15) is 5.78 Å². The van der Waals surface area contributed by atoms with Crippen LogP contribution in [-0.2, 0) is 4.79 Å². The summed E-state index contributed by atoms with van der Waals surface area (Å²) >= 11 is 7.22. The molecule has 0 bridgehead atoms. The molecule has 20 heavy (non-hydrogen) atoms. The van der Waals surface area contributed by atoms with Crippen molar-refractivity contribution in [2.24, 2.45) is 0 Å². The fourth-order valence-corrected chi connectivity index (χ4v) is 3.28. The van der Waals surface area contributed by atoms with Gasteiger partial charge in [-0.1, -0.05) is 29.8 Å². The Labute approximate surface area is 125 Å². The lowest BCUT2D eigenvalue weighted by molar-refractivity contribution is -0.119. The zero-order chi connectivity index (χ0) is 13.9. The summed E-state index contributed by atoms with van der Waals surface area (Å²) in [5.41, 5.74) is 0.823. The maximum atomic E-state index is 11.8. The monoisotopic (exact) mass is 308 g/mol. The third-order valence-corrected chi connectivity index (χ3v) is 4.64. The lowest BCUT2D eigenvalue weighted by atomic mass is 9.99. The summed E-state index contributed by atoms with van der Waals surface area (Å²) < 4.78 is 5.61. The quantitative estimate of drug-likeness (QED) is 0.858. The van der Waals surface area contributed by atoms with Gasteiger partial charge in [0, 0.05) is 17.0 Å². The molecule has 1 heterocycles. The maximum absolute atomic E-state index is 11.8. The maximum Gasteiger partial charge on any atom is 0.277 e. The Kier molecular flexibility index (Phi) is 4.08. The highest BCUT2D eigenvalue weighted by Gasteiger charge is 2.25. The van der Waals surface area contributed by atoms with Crippen LogP contribution in [0.4, 0.5) is 0 Å². The van der Waals surface area contributed by atoms with Crippen molar-refractivity contribution in [1.82, 2.24) is 10.2 Å². The third-order valence-electron chi connectivity index (χ3n) is 3.24. The SMILES string of the molecule is O=C1CCCCC1Sc1nnc(-c2ccc(Cl)cc2)o1. The van der Waals surface area contributed by atoms with E-state index in [0.717, 1.165) is 24.8 Å². The molecule has 2 aromatic rings. The normalized spacial score (nSPS) is 19.2. The molecule has 0 aliphatic heterocycles. The van der Waals surface area contributed by atoms with Crippen molar-refractivity contribution in [3.05, 3.63) is 29.3 Å². The predicted molar refractivity (Wildman–Crippen MR) is 77.9 cm³/mol. The summed E-state index contributed by atoms with van der Waals surface area (Å²) in [4.78, 5) is 11.8. The van der Waals surface area contributed by atoms with Gasteiger partial charge < -0.3 is 4.42 Å². The van der Waals surface area contributed by atoms with Gasteiger partial charge >= 0.3 is 0 Å². The van der Waals surface area contributed by atoms with Gasteiger partial charge in [-0.25, -0.2) is 0 Å². The lowest BCUT2D eigenvalue weighted by Gasteiger charge is -2.17. The van der Waals surface area contributed by atoms with Crippen molar-refractivity contribution in [1.29, 1.82) is 0 Å². The first-order chi connectivity index (χ1) is 9.72. The number of rotatable bonds is 3. The second kappa shape index (κ2) is 5.97. The Morgan fingerprint density at radius 3 is 2.75 bits per heavy atom. The summed E-state index contributed by atoms with van der Waals surface area (Å²) in [7, 11) is 0. The molecule has 1 unspecified atom stereocenters. The molecule has 104 valence electrons. The molecule has 1 aliphatic rings. The first kappa shape index (κ1) is 13.6. The van der Waals surface area contributed by atoms with Gasteiger partial charge in [0.25, 0.3) is 5.22 Å². The zero-order valence-corrected chi connectivity index (χ0v) is 12.3. The summed E-state index contributed by atoms with van der Waals surface area (Å²) in [5.74, 6) is 0.736. The number of nitrogens with zero attached hydrogens (tertiary/aromatic N) is 2. The van der Waals surface area contributed by atoms with E-state index >= 15 is 0 Å². The van der Waals surface area contributed by atoms with Gasteiger partial charge in [-0.15, -0.1) is 10.2 Å². The van der Waals surface area contributed by atoms with Crippen LogP contribution >= 0.6 is 23.4 Å². The minimum atomic E-state index is -0.0396. The Hall–Kier alpha value is -1.33. The largest absolute Gasteiger partial charge is 0.411 e. The van der Waals surface area contributed by atoms with E-state index in [0.29, 0.717) is 22.6 Å². The van der Waals surface area contributed by atoms with Gasteiger partial charge in [0.05, 0.1) is 5.25 Å². The summed E-state index contributed by atoms with van der Waals surface area (Å²) in [6, 6.07) is 7.21. The molecule has 1 atom stereocenters. The molecule has 0 N–H and O–H groups in total. The smallest absolute Gasteiger partial charge is 0.277 e. The van der Waals surface area contributed by atoms with Crippen LogP contribution in [0.3, 0.4) is 0 Å². The molecule has 6 heteroatoms. The van der Waals surface area contributed by atoms with E-state index in [1.807, 2.05) is 12.1 Å². The lowest BCUT2D eigenvalue weighted by Crippen LogP contribution is -2.21. The molecule has 0 spiro atoms. The van der Waals surface area contributed by atoms with Crippen molar-refractivity contribution >= 4 is 29.1 Å². The number of aromatic nitrogens is 2. The third kappa shape index (κ3) is 3.04. The van der Waals surface area contributed by atoms with Crippen LogP contribution < -0.4 is 0 Å². The van der Waals surface area contributed by atoms with Gasteiger partial charge in [-0.2, -0.15) is 0 Å². The van der Waals surface area contributed by atoms with E-state index in [2.05, 4.69) is 10.2 Å². The number of carbonyl (C=O) groups excluding carboxylic acids is 1. The molecule has 3 rings (SSSR count). The van der Waals surface area contributed by atoms with Crippen molar-refractivity contribution in [2.75, 3.05) is 0 Å². The van der Waals surface area contributed by atoms with Crippen LogP contribution in [0.2, 0.25) is 5.02 Å². The number of halogens is 1. The van der Waals surface area contributed by atoms with Crippen LogP contribution in [0.5, 0.6) is 0 Å². The van der Waals surface area contributed by atoms with Crippen molar-refractivity contribution in [3.8, 4) is 11.5 Å². The number of ketones is 1. The van der Waals surface area contributed by atoms with Gasteiger partial charge in [-0.05, 0) is 37.1 Å². The Morgan fingerprint density at radius 1 is 1.20 bits per heavy atom. The van der Waals surface area contributed by atoms with Crippen LogP contribution in [0.15, 0.2) is 33.9 Å². The van der Waals surface area contributed by atoms with E-state index < -0.39 is 0 Å². The van der Waals surface area contributed by atoms with Gasteiger partial charge in [0.2, 0.25) is 5.89 Å². The first-order valence-corrected chi connectivity index (χ1v) is 7.77. The van der Waals surface area contributed by atoms with E-state index in [1.54, 1.807) is 12.1 Å². The highest BCUT2D eigenvalue weighted by atomic mass is 35.5. The number of thioether (sulfide) groups is 1. The van der Waals surface area contributed by atoms with Gasteiger partial charge in [-0.3, -0.25) is 4.79 Å². The minimum absolute atomic E-state index is 0.0396. The Balaban J connectivity index is 1.73. The number of Topliss-reactive ketones (excluding diaryl/α,β-unsaturated/α-hetero) is 1. The van der Waals surface area contributed by atoms with Crippen LogP contribution in [0, 0.1) is 0 Å². The molecule has 0 radical (unpaired) electrons. The van der Waals surface area contributed by atoms with Crippen LogP contribution in [0.25, 0.3) is 11.5 Å². The van der Waals surface area contributed by atoms with E-state index in [1.165, 1.54) is 11.8 Å². The fraction of sp³-hybridized carbons (Fsp3) is 0.357. The second-order valence-electron chi connectivity index (χ2n) is 4.70. The fourth-order valence-electron chi connectivity index (χ4n) is 2.16. The Bertz CT molecular complexity index is 612. The van der Waals surface area contributed by atoms with Crippen molar-refractivity contribution < 1.29 is 9.21 Å². The van der Waals surface area contributed by atoms with E-state index in [4.69, 9.17) is 16.0 Å². The summed E-state index contributed by atoms with van der Waals surface area (Å²) in [6.07, 6.45) is 3.63. The molecule has 0 amide bonds. The average molecular weight is 309 g/mol. The number of benzene rings is 1.